The van der Waals surface area contributed by atoms with E-state index in [-0.39, 0.29) is 11.8 Å². The van der Waals surface area contributed by atoms with Crippen LogP contribution >= 0.6 is 0 Å². The van der Waals surface area contributed by atoms with Crippen LogP contribution in [0.3, 0.4) is 0 Å². The molecule has 0 aliphatic rings. The van der Waals surface area contributed by atoms with Crippen molar-refractivity contribution in [2.24, 2.45) is 0 Å². The van der Waals surface area contributed by atoms with Crippen molar-refractivity contribution in [3.8, 4) is 0 Å². The van der Waals surface area contributed by atoms with Crippen LogP contribution in [0.25, 0.3) is 6.08 Å². The van der Waals surface area contributed by atoms with Crippen LogP contribution in [0, 0.1) is 0 Å². The van der Waals surface area contributed by atoms with Crippen LogP contribution in [0.1, 0.15) is 21.5 Å². The van der Waals surface area contributed by atoms with Crippen LogP contribution in [0.2, 0.25) is 0 Å². The Bertz CT molecular complexity index is 769. The molecule has 7 heteroatoms. The molecule has 2 aromatic rings. The molecule has 0 aliphatic heterocycles. The number of carbonyl (C=O) groups excluding carboxylic acids is 2. The van der Waals surface area contributed by atoms with Crippen LogP contribution in [0.15, 0.2) is 42.7 Å². The van der Waals surface area contributed by atoms with Gasteiger partial charge in [-0.1, -0.05) is 12.1 Å². The van der Waals surface area contributed by atoms with E-state index in [1.807, 2.05) is 20.2 Å². The average Bonchev–Trinajstić information content (AvgIpc) is 2.64. The van der Waals surface area contributed by atoms with Gasteiger partial charge in [0.1, 0.15) is 0 Å². The second-order valence-electron chi connectivity index (χ2n) is 5.54. The minimum absolute atomic E-state index is 0.158. The van der Waals surface area contributed by atoms with E-state index in [2.05, 4.69) is 20.6 Å². The van der Waals surface area contributed by atoms with Gasteiger partial charge in [0, 0.05) is 57.3 Å². The molecule has 0 bridgehead atoms. The minimum atomic E-state index is -0.234. The number of benzene rings is 1. The number of anilines is 1. The quantitative estimate of drug-likeness (QED) is 0.773. The lowest BCUT2D eigenvalue weighted by atomic mass is 10.1. The molecule has 7 nitrogen and oxygen atoms in total. The fourth-order valence-corrected chi connectivity index (χ4v) is 2.04. The van der Waals surface area contributed by atoms with Gasteiger partial charge in [-0.25, -0.2) is 9.97 Å². The first kappa shape index (κ1) is 18.1. The van der Waals surface area contributed by atoms with Crippen molar-refractivity contribution in [2.45, 2.75) is 6.54 Å². The number of hydrogen-bond donors (Lipinski definition) is 2. The van der Waals surface area contributed by atoms with E-state index in [0.29, 0.717) is 18.1 Å². The van der Waals surface area contributed by atoms with Crippen LogP contribution < -0.4 is 15.5 Å². The molecule has 2 rings (SSSR count). The Labute approximate surface area is 146 Å². The Morgan fingerprint density at radius 1 is 1.20 bits per heavy atom. The van der Waals surface area contributed by atoms with Crippen LogP contribution in [0.5, 0.6) is 0 Å². The predicted molar refractivity (Wildman–Crippen MR) is 97.1 cm³/mol. The first-order valence-corrected chi connectivity index (χ1v) is 7.76. The largest absolute Gasteiger partial charge is 0.355 e. The van der Waals surface area contributed by atoms with E-state index in [1.54, 1.807) is 48.6 Å². The molecule has 0 saturated heterocycles. The fraction of sp³-hybridized carbons (Fsp3) is 0.222. The lowest BCUT2D eigenvalue weighted by Crippen LogP contribution is -2.21. The minimum Gasteiger partial charge on any atom is -0.355 e. The Morgan fingerprint density at radius 2 is 1.92 bits per heavy atom. The number of aromatic nitrogens is 2. The summed E-state index contributed by atoms with van der Waals surface area (Å²) < 4.78 is 0. The molecule has 0 spiro atoms. The Balaban J connectivity index is 1.91. The highest BCUT2D eigenvalue weighted by atomic mass is 16.2. The predicted octanol–water partition coefficient (Wildman–Crippen LogP) is 1.23. The lowest BCUT2D eigenvalue weighted by molar-refractivity contribution is -0.116. The van der Waals surface area contributed by atoms with Gasteiger partial charge in [0.15, 0.2) is 0 Å². The summed E-state index contributed by atoms with van der Waals surface area (Å²) in [5.41, 5.74) is 2.15. The summed E-state index contributed by atoms with van der Waals surface area (Å²) in [6.45, 7) is 0.337. The third-order valence-electron chi connectivity index (χ3n) is 3.37. The molecule has 1 heterocycles. The number of nitrogens with zero attached hydrogens (tertiary/aromatic N) is 3. The van der Waals surface area contributed by atoms with Crippen LogP contribution in [0.4, 0.5) is 5.95 Å². The molecule has 0 saturated carbocycles. The summed E-state index contributed by atoms with van der Waals surface area (Å²) in [5.74, 6) is 0.217. The van der Waals surface area contributed by atoms with Crippen molar-refractivity contribution in [3.05, 3.63) is 59.4 Å². The summed E-state index contributed by atoms with van der Waals surface area (Å²) in [6, 6.07) is 7.11. The molecule has 0 radical (unpaired) electrons. The van der Waals surface area contributed by atoms with Gasteiger partial charge < -0.3 is 15.5 Å². The maximum atomic E-state index is 11.9. The number of nitrogens with one attached hydrogen (secondary N) is 2. The van der Waals surface area contributed by atoms with Gasteiger partial charge in [0.25, 0.3) is 5.91 Å². The van der Waals surface area contributed by atoms with E-state index >= 15 is 0 Å². The molecule has 0 unspecified atom stereocenters. The van der Waals surface area contributed by atoms with Crippen molar-refractivity contribution in [1.29, 1.82) is 0 Å². The zero-order valence-corrected chi connectivity index (χ0v) is 14.5. The molecule has 130 valence electrons. The van der Waals surface area contributed by atoms with Crippen molar-refractivity contribution >= 4 is 23.8 Å². The van der Waals surface area contributed by atoms with E-state index < -0.39 is 0 Å². The summed E-state index contributed by atoms with van der Waals surface area (Å²) in [4.78, 5) is 33.7. The van der Waals surface area contributed by atoms with Gasteiger partial charge in [0.2, 0.25) is 11.9 Å². The molecule has 2 N–H and O–H groups in total. The molecule has 2 amide bonds. The first-order valence-electron chi connectivity index (χ1n) is 7.76. The van der Waals surface area contributed by atoms with E-state index in [1.165, 1.54) is 6.08 Å². The lowest BCUT2D eigenvalue weighted by Gasteiger charge is -2.08. The van der Waals surface area contributed by atoms with Gasteiger partial charge in [-0.05, 0) is 23.8 Å². The average molecular weight is 339 g/mol. The Hall–Kier alpha value is -3.22. The summed E-state index contributed by atoms with van der Waals surface area (Å²) in [6.07, 6.45) is 6.38. The number of carbonyl (C=O) groups is 2. The zero-order valence-electron chi connectivity index (χ0n) is 14.5. The van der Waals surface area contributed by atoms with Gasteiger partial charge in [-0.3, -0.25) is 9.59 Å². The monoisotopic (exact) mass is 339 g/mol. The first-order chi connectivity index (χ1) is 12.0. The van der Waals surface area contributed by atoms with Gasteiger partial charge in [-0.2, -0.15) is 0 Å². The third-order valence-corrected chi connectivity index (χ3v) is 3.37. The maximum absolute atomic E-state index is 11.9. The van der Waals surface area contributed by atoms with Crippen molar-refractivity contribution < 1.29 is 9.59 Å². The van der Waals surface area contributed by atoms with Crippen molar-refractivity contribution in [3.63, 3.8) is 0 Å². The van der Waals surface area contributed by atoms with E-state index in [0.717, 1.165) is 11.1 Å². The van der Waals surface area contributed by atoms with Crippen LogP contribution in [-0.2, 0) is 11.3 Å². The smallest absolute Gasteiger partial charge is 0.251 e. The number of hydrogen-bond acceptors (Lipinski definition) is 5. The van der Waals surface area contributed by atoms with Gasteiger partial charge >= 0.3 is 0 Å². The molecular formula is C18H21N5O2. The highest BCUT2D eigenvalue weighted by Crippen LogP contribution is 2.06. The maximum Gasteiger partial charge on any atom is 0.251 e. The molecule has 0 aliphatic carbocycles. The summed E-state index contributed by atoms with van der Waals surface area (Å²) >= 11 is 0. The van der Waals surface area contributed by atoms with E-state index in [4.69, 9.17) is 0 Å². The molecular weight excluding hydrogens is 318 g/mol. The van der Waals surface area contributed by atoms with Crippen molar-refractivity contribution in [1.82, 2.24) is 20.6 Å². The zero-order chi connectivity index (χ0) is 18.2. The van der Waals surface area contributed by atoms with E-state index in [9.17, 15) is 9.59 Å². The van der Waals surface area contributed by atoms with Crippen LogP contribution in [-0.4, -0.2) is 42.9 Å². The standard InChI is InChI=1S/C18H21N5O2/c1-19-17(25)15-6-4-5-13(9-15)10-20-16(24)8-7-14-11-21-18(22-12-14)23(2)3/h4-9,11-12H,10H2,1-3H3,(H,19,25)(H,20,24). The molecule has 1 aromatic heterocycles. The summed E-state index contributed by atoms with van der Waals surface area (Å²) in [5, 5.41) is 5.35. The molecule has 25 heavy (non-hydrogen) atoms. The molecule has 1 aromatic carbocycles. The highest BCUT2D eigenvalue weighted by molar-refractivity contribution is 5.94. The SMILES string of the molecule is CNC(=O)c1cccc(CNC(=O)C=Cc2cnc(N(C)C)nc2)c1. The van der Waals surface area contributed by atoms with Gasteiger partial charge in [0.05, 0.1) is 0 Å². The molecule has 0 fully saturated rings. The number of rotatable bonds is 6. The summed E-state index contributed by atoms with van der Waals surface area (Å²) in [7, 11) is 5.30. The fourth-order valence-electron chi connectivity index (χ4n) is 2.04. The number of amides is 2. The van der Waals surface area contributed by atoms with Crippen molar-refractivity contribution in [2.75, 3.05) is 26.0 Å². The van der Waals surface area contributed by atoms with Gasteiger partial charge in [-0.15, -0.1) is 0 Å². The topological polar surface area (TPSA) is 87.2 Å². The second kappa shape index (κ2) is 8.58. The second-order valence-corrected chi connectivity index (χ2v) is 5.54. The third kappa shape index (κ3) is 5.42. The molecule has 0 atom stereocenters. The highest BCUT2D eigenvalue weighted by Gasteiger charge is 2.04. The Morgan fingerprint density at radius 3 is 2.56 bits per heavy atom. The normalized spacial score (nSPS) is 10.5. The Kier molecular flexibility index (Phi) is 6.22.